The van der Waals surface area contributed by atoms with E-state index in [0.29, 0.717) is 22.8 Å². The first kappa shape index (κ1) is 24.2. The van der Waals surface area contributed by atoms with Crippen LogP contribution in [0.1, 0.15) is 11.8 Å². The van der Waals surface area contributed by atoms with Crippen LogP contribution in [0.25, 0.3) is 11.2 Å². The molecule has 0 saturated carbocycles. The fourth-order valence-electron chi connectivity index (χ4n) is 3.75. The Morgan fingerprint density at radius 3 is 2.46 bits per heavy atom. The van der Waals surface area contributed by atoms with Crippen LogP contribution in [0.5, 0.6) is 17.2 Å². The van der Waals surface area contributed by atoms with Gasteiger partial charge in [-0.05, 0) is 12.1 Å². The standard InChI is InChI=1S/C20H25N7O8/c1-32-9-4-8(5-10(33-2)15(9)34-3)6-22-26-20-23-12-16(24-19(21)25-17(12)31)27(20)18-14(30)13(29)11(7-28)35-18/h4-6,11,13-14,18,28-30H,7H2,1-3H3,(H,23,26)(H3,21,24,25,31)/b22-6+. The Morgan fingerprint density at radius 1 is 1.20 bits per heavy atom. The molecule has 0 radical (unpaired) electrons. The molecule has 15 heteroatoms. The maximum Gasteiger partial charge on any atom is 0.280 e. The first-order chi connectivity index (χ1) is 16.8. The van der Waals surface area contributed by atoms with Gasteiger partial charge in [-0.25, -0.2) is 10.4 Å². The van der Waals surface area contributed by atoms with Crippen molar-refractivity contribution >= 4 is 29.3 Å². The third kappa shape index (κ3) is 4.32. The highest BCUT2D eigenvalue weighted by Crippen LogP contribution is 2.38. The molecule has 3 aromatic rings. The van der Waals surface area contributed by atoms with E-state index < -0.39 is 36.7 Å². The number of anilines is 2. The number of nitrogens with one attached hydrogen (secondary N) is 2. The summed E-state index contributed by atoms with van der Waals surface area (Å²) in [4.78, 5) is 23.0. The Bertz CT molecular complexity index is 1280. The Balaban J connectivity index is 1.74. The van der Waals surface area contributed by atoms with Gasteiger partial charge in [0.25, 0.3) is 5.56 Å². The lowest BCUT2D eigenvalue weighted by molar-refractivity contribution is -0.0501. The van der Waals surface area contributed by atoms with Crippen molar-refractivity contribution in [3.8, 4) is 17.2 Å². The maximum absolute atomic E-state index is 12.4. The SMILES string of the molecule is COc1cc(/C=N/Nc2nc3c(=O)[nH]c(N)nc3n2C2OC(CO)C(O)C2O)cc(OC)c1OC. The molecule has 3 heterocycles. The highest BCUT2D eigenvalue weighted by atomic mass is 16.6. The van der Waals surface area contributed by atoms with Crippen molar-refractivity contribution in [3.05, 3.63) is 28.0 Å². The molecule has 4 rings (SSSR count). The fraction of sp³-hybridized carbons (Fsp3) is 0.400. The number of methoxy groups -OCH3 is 3. The monoisotopic (exact) mass is 491 g/mol. The molecule has 1 aliphatic heterocycles. The fourth-order valence-corrected chi connectivity index (χ4v) is 3.75. The lowest BCUT2D eigenvalue weighted by atomic mass is 10.1. The molecule has 1 fully saturated rings. The number of hydrogen-bond donors (Lipinski definition) is 6. The van der Waals surface area contributed by atoms with Gasteiger partial charge in [-0.2, -0.15) is 10.1 Å². The number of ether oxygens (including phenoxy) is 4. The molecular weight excluding hydrogens is 466 g/mol. The first-order valence-electron chi connectivity index (χ1n) is 10.3. The van der Waals surface area contributed by atoms with E-state index in [0.717, 1.165) is 0 Å². The summed E-state index contributed by atoms with van der Waals surface area (Å²) in [5, 5.41) is 34.3. The number of benzene rings is 1. The van der Waals surface area contributed by atoms with E-state index in [1.807, 2.05) is 0 Å². The Kier molecular flexibility index (Phi) is 6.74. The number of aromatic nitrogens is 4. The normalized spacial score (nSPS) is 22.1. The molecule has 188 valence electrons. The number of aliphatic hydroxyl groups is 3. The van der Waals surface area contributed by atoms with Gasteiger partial charge in [-0.1, -0.05) is 0 Å². The van der Waals surface area contributed by atoms with Crippen LogP contribution in [-0.4, -0.2) is 87.3 Å². The molecule has 35 heavy (non-hydrogen) atoms. The second-order valence-corrected chi connectivity index (χ2v) is 7.49. The number of nitrogen functional groups attached to an aromatic ring is 1. The van der Waals surface area contributed by atoms with Gasteiger partial charge in [0.05, 0.1) is 34.2 Å². The van der Waals surface area contributed by atoms with Crippen molar-refractivity contribution in [2.24, 2.45) is 5.10 Å². The highest BCUT2D eigenvalue weighted by Gasteiger charge is 2.45. The van der Waals surface area contributed by atoms with Crippen LogP contribution in [0.15, 0.2) is 22.0 Å². The van der Waals surface area contributed by atoms with E-state index >= 15 is 0 Å². The van der Waals surface area contributed by atoms with Crippen LogP contribution >= 0.6 is 0 Å². The lowest BCUT2D eigenvalue weighted by Crippen LogP contribution is -2.33. The molecule has 1 saturated heterocycles. The second-order valence-electron chi connectivity index (χ2n) is 7.49. The molecule has 2 aromatic heterocycles. The summed E-state index contributed by atoms with van der Waals surface area (Å²) in [6.07, 6.45) is -3.75. The minimum Gasteiger partial charge on any atom is -0.493 e. The van der Waals surface area contributed by atoms with E-state index in [1.54, 1.807) is 12.1 Å². The molecule has 4 unspecified atom stereocenters. The lowest BCUT2D eigenvalue weighted by Gasteiger charge is -2.18. The zero-order valence-electron chi connectivity index (χ0n) is 19.0. The second kappa shape index (κ2) is 9.75. The summed E-state index contributed by atoms with van der Waals surface area (Å²) in [6.45, 7) is -0.542. The van der Waals surface area contributed by atoms with Gasteiger partial charge in [0.1, 0.15) is 18.3 Å². The highest BCUT2D eigenvalue weighted by molar-refractivity contribution is 5.83. The molecule has 0 amide bonds. The molecule has 1 aliphatic rings. The van der Waals surface area contributed by atoms with E-state index in [2.05, 4.69) is 25.5 Å². The van der Waals surface area contributed by atoms with E-state index in [-0.39, 0.29) is 23.1 Å². The average Bonchev–Trinajstić information content (AvgIpc) is 3.34. The molecule has 15 nitrogen and oxygen atoms in total. The van der Waals surface area contributed by atoms with Gasteiger partial charge in [0, 0.05) is 5.56 Å². The van der Waals surface area contributed by atoms with E-state index in [4.69, 9.17) is 24.7 Å². The van der Waals surface area contributed by atoms with Gasteiger partial charge in [0.15, 0.2) is 28.9 Å². The van der Waals surface area contributed by atoms with Gasteiger partial charge < -0.3 is 40.0 Å². The van der Waals surface area contributed by atoms with Crippen LogP contribution in [0.4, 0.5) is 11.9 Å². The Labute approximate surface area is 197 Å². The van der Waals surface area contributed by atoms with Crippen molar-refractivity contribution in [3.63, 3.8) is 0 Å². The van der Waals surface area contributed by atoms with Gasteiger partial charge in [-0.3, -0.25) is 14.3 Å². The third-order valence-electron chi connectivity index (χ3n) is 5.41. The van der Waals surface area contributed by atoms with Crippen LogP contribution in [-0.2, 0) is 4.74 Å². The summed E-state index contributed by atoms with van der Waals surface area (Å²) >= 11 is 0. The van der Waals surface area contributed by atoms with E-state index in [9.17, 15) is 20.1 Å². The smallest absolute Gasteiger partial charge is 0.280 e. The van der Waals surface area contributed by atoms with Gasteiger partial charge in [0.2, 0.25) is 17.6 Å². The Hall–Kier alpha value is -3.92. The summed E-state index contributed by atoms with van der Waals surface area (Å²) in [7, 11) is 4.45. The summed E-state index contributed by atoms with van der Waals surface area (Å²) in [5.74, 6) is 1.01. The van der Waals surface area contributed by atoms with Crippen molar-refractivity contribution < 1.29 is 34.3 Å². The first-order valence-corrected chi connectivity index (χ1v) is 10.3. The number of rotatable bonds is 8. The predicted octanol–water partition coefficient (Wildman–Crippen LogP) is -1.21. The predicted molar refractivity (Wildman–Crippen MR) is 123 cm³/mol. The molecule has 0 bridgehead atoms. The van der Waals surface area contributed by atoms with Crippen molar-refractivity contribution in [2.75, 3.05) is 39.1 Å². The third-order valence-corrected chi connectivity index (χ3v) is 5.41. The molecule has 7 N–H and O–H groups in total. The zero-order valence-corrected chi connectivity index (χ0v) is 19.0. The van der Waals surface area contributed by atoms with Crippen molar-refractivity contribution in [1.29, 1.82) is 0 Å². The molecular formula is C20H25N7O8. The van der Waals surface area contributed by atoms with Crippen molar-refractivity contribution in [1.82, 2.24) is 19.5 Å². The summed E-state index contributed by atoms with van der Waals surface area (Å²) < 4.78 is 22.8. The molecule has 1 aromatic carbocycles. The maximum atomic E-state index is 12.4. The van der Waals surface area contributed by atoms with Crippen LogP contribution in [0.2, 0.25) is 0 Å². The number of aromatic amines is 1. The van der Waals surface area contributed by atoms with Crippen LogP contribution in [0.3, 0.4) is 0 Å². The number of nitrogens with zero attached hydrogens (tertiary/aromatic N) is 4. The molecule has 4 atom stereocenters. The number of hydrogen-bond acceptors (Lipinski definition) is 13. The molecule has 0 spiro atoms. The van der Waals surface area contributed by atoms with Gasteiger partial charge >= 0.3 is 0 Å². The van der Waals surface area contributed by atoms with Crippen LogP contribution < -0.4 is 30.9 Å². The zero-order chi connectivity index (χ0) is 25.3. The largest absolute Gasteiger partial charge is 0.493 e. The number of H-pyrrole nitrogens is 1. The number of nitrogens with two attached hydrogens (primary N) is 1. The number of aliphatic hydroxyl groups excluding tert-OH is 3. The minimum atomic E-state index is -1.47. The topological polar surface area (TPSA) is 212 Å². The van der Waals surface area contributed by atoms with Crippen molar-refractivity contribution in [2.45, 2.75) is 24.5 Å². The average molecular weight is 491 g/mol. The number of fused-ring (bicyclic) bond motifs is 1. The van der Waals surface area contributed by atoms with E-state index in [1.165, 1.54) is 32.1 Å². The minimum absolute atomic E-state index is 0.0217. The number of hydrazone groups is 1. The Morgan fingerprint density at radius 2 is 1.89 bits per heavy atom. The number of imidazole rings is 1. The van der Waals surface area contributed by atoms with Gasteiger partial charge in [-0.15, -0.1) is 0 Å². The van der Waals surface area contributed by atoms with Crippen LogP contribution in [0, 0.1) is 0 Å². The summed E-state index contributed by atoms with van der Waals surface area (Å²) in [6, 6.07) is 3.32. The summed E-state index contributed by atoms with van der Waals surface area (Å²) in [5.41, 5.74) is 8.18. The quantitative estimate of drug-likeness (QED) is 0.162. The molecule has 0 aliphatic carbocycles.